The molecule has 0 spiro atoms. The number of para-hydroxylation sites is 1. The Morgan fingerprint density at radius 3 is 2.52 bits per heavy atom. The minimum absolute atomic E-state index is 0.113. The number of rotatable bonds is 3. The van der Waals surface area contributed by atoms with E-state index in [1.165, 1.54) is 10.7 Å². The van der Waals surface area contributed by atoms with Crippen LogP contribution in [-0.2, 0) is 7.05 Å². The number of nitrogen functional groups attached to an aromatic ring is 1. The highest BCUT2D eigenvalue weighted by Gasteiger charge is 2.27. The second-order valence-corrected chi connectivity index (χ2v) is 6.69. The van der Waals surface area contributed by atoms with Crippen molar-refractivity contribution in [1.29, 1.82) is 0 Å². The number of benzene rings is 1. The van der Waals surface area contributed by atoms with Gasteiger partial charge in [-0.25, -0.2) is 14.0 Å². The van der Waals surface area contributed by atoms with Gasteiger partial charge in [0.15, 0.2) is 0 Å². The van der Waals surface area contributed by atoms with Gasteiger partial charge < -0.3 is 10.6 Å². The molecule has 4 rings (SSSR count). The van der Waals surface area contributed by atoms with Gasteiger partial charge in [0.2, 0.25) is 5.95 Å². The molecule has 0 unspecified atom stereocenters. The maximum Gasteiger partial charge on any atom is 0.350 e. The fourth-order valence-electron chi connectivity index (χ4n) is 3.56. The van der Waals surface area contributed by atoms with Crippen molar-refractivity contribution in [3.63, 3.8) is 0 Å². The first kappa shape index (κ1) is 17.1. The number of aryl methyl sites for hydroxylation is 1. The van der Waals surface area contributed by atoms with E-state index in [-0.39, 0.29) is 23.1 Å². The Labute approximate surface area is 155 Å². The van der Waals surface area contributed by atoms with Crippen LogP contribution in [0.4, 0.5) is 11.8 Å². The molecular weight excluding hydrogens is 346 g/mol. The van der Waals surface area contributed by atoms with Gasteiger partial charge >= 0.3 is 5.69 Å². The fraction of sp³-hybridized carbons (Fsp3) is 0.333. The summed E-state index contributed by atoms with van der Waals surface area (Å²) in [6, 6.07) is 11.0. The Morgan fingerprint density at radius 1 is 1.15 bits per heavy atom. The predicted octanol–water partition coefficient (Wildman–Crippen LogP) is 0.620. The molecule has 2 aromatic heterocycles. The SMILES string of the molecule is Cn1nc(C2CCN(c3cc(=O)[nH]c(N)n3)CC2)n(-c2ccccc2)c1=O. The summed E-state index contributed by atoms with van der Waals surface area (Å²) < 4.78 is 3.07. The first-order valence-electron chi connectivity index (χ1n) is 8.86. The number of piperidine rings is 1. The lowest BCUT2D eigenvalue weighted by molar-refractivity contribution is 0.475. The van der Waals surface area contributed by atoms with E-state index in [4.69, 9.17) is 5.73 Å². The van der Waals surface area contributed by atoms with E-state index < -0.39 is 0 Å². The highest BCUT2D eigenvalue weighted by Crippen LogP contribution is 2.29. The summed E-state index contributed by atoms with van der Waals surface area (Å²) >= 11 is 0. The maximum absolute atomic E-state index is 12.6. The van der Waals surface area contributed by atoms with Crippen LogP contribution in [0.15, 0.2) is 46.0 Å². The van der Waals surface area contributed by atoms with Gasteiger partial charge in [-0.15, -0.1) is 0 Å². The smallest absolute Gasteiger partial charge is 0.350 e. The van der Waals surface area contributed by atoms with Gasteiger partial charge in [-0.1, -0.05) is 18.2 Å². The molecule has 1 aliphatic heterocycles. The lowest BCUT2D eigenvalue weighted by Crippen LogP contribution is -2.35. The number of H-pyrrole nitrogens is 1. The molecule has 1 fully saturated rings. The number of nitrogens with two attached hydrogens (primary N) is 1. The van der Waals surface area contributed by atoms with E-state index in [0.717, 1.165) is 24.4 Å². The molecule has 0 atom stereocenters. The van der Waals surface area contributed by atoms with E-state index in [1.54, 1.807) is 11.6 Å². The minimum Gasteiger partial charge on any atom is -0.369 e. The van der Waals surface area contributed by atoms with Crippen LogP contribution >= 0.6 is 0 Å². The summed E-state index contributed by atoms with van der Waals surface area (Å²) in [5.74, 6) is 1.61. The van der Waals surface area contributed by atoms with E-state index in [2.05, 4.69) is 15.1 Å². The normalized spacial score (nSPS) is 15.2. The zero-order valence-corrected chi connectivity index (χ0v) is 15.0. The number of nitrogens with one attached hydrogen (secondary N) is 1. The van der Waals surface area contributed by atoms with Crippen LogP contribution in [0.3, 0.4) is 0 Å². The lowest BCUT2D eigenvalue weighted by Gasteiger charge is -2.32. The van der Waals surface area contributed by atoms with Crippen molar-refractivity contribution < 1.29 is 0 Å². The number of aromatic amines is 1. The highest BCUT2D eigenvalue weighted by atomic mass is 16.2. The molecule has 27 heavy (non-hydrogen) atoms. The van der Waals surface area contributed by atoms with Gasteiger partial charge in [0, 0.05) is 32.1 Å². The Hall–Kier alpha value is -3.36. The van der Waals surface area contributed by atoms with Crippen LogP contribution < -0.4 is 21.9 Å². The van der Waals surface area contributed by atoms with E-state index >= 15 is 0 Å². The molecule has 0 aliphatic carbocycles. The van der Waals surface area contributed by atoms with Crippen LogP contribution in [0.2, 0.25) is 0 Å². The first-order valence-corrected chi connectivity index (χ1v) is 8.86. The highest BCUT2D eigenvalue weighted by molar-refractivity contribution is 5.42. The Bertz CT molecular complexity index is 1060. The molecule has 140 valence electrons. The predicted molar refractivity (Wildman–Crippen MR) is 102 cm³/mol. The van der Waals surface area contributed by atoms with Crippen LogP contribution in [0.25, 0.3) is 5.69 Å². The third-order valence-electron chi connectivity index (χ3n) is 4.89. The summed E-state index contributed by atoms with van der Waals surface area (Å²) in [6.07, 6.45) is 1.61. The molecule has 0 amide bonds. The topological polar surface area (TPSA) is 115 Å². The van der Waals surface area contributed by atoms with Crippen LogP contribution in [-0.4, -0.2) is 37.4 Å². The van der Waals surface area contributed by atoms with Crippen molar-refractivity contribution in [2.24, 2.45) is 7.05 Å². The van der Waals surface area contributed by atoms with E-state index in [1.807, 2.05) is 35.2 Å². The molecule has 3 N–H and O–H groups in total. The summed E-state index contributed by atoms with van der Waals surface area (Å²) in [5.41, 5.74) is 6.05. The van der Waals surface area contributed by atoms with Gasteiger partial charge in [-0.2, -0.15) is 10.1 Å². The molecule has 1 aromatic carbocycles. The summed E-state index contributed by atoms with van der Waals surface area (Å²) in [5, 5.41) is 4.49. The third-order valence-corrected chi connectivity index (χ3v) is 4.89. The van der Waals surface area contributed by atoms with Crippen molar-refractivity contribution in [3.8, 4) is 5.69 Å². The largest absolute Gasteiger partial charge is 0.369 e. The zero-order chi connectivity index (χ0) is 19.0. The molecule has 1 saturated heterocycles. The summed E-state index contributed by atoms with van der Waals surface area (Å²) in [7, 11) is 1.67. The van der Waals surface area contributed by atoms with E-state index in [9.17, 15) is 9.59 Å². The molecule has 0 radical (unpaired) electrons. The van der Waals surface area contributed by atoms with Crippen LogP contribution in [0, 0.1) is 0 Å². The minimum atomic E-state index is -0.262. The third kappa shape index (κ3) is 3.23. The quantitative estimate of drug-likeness (QED) is 0.701. The van der Waals surface area contributed by atoms with Gasteiger partial charge in [-0.05, 0) is 25.0 Å². The number of aromatic nitrogens is 5. The molecule has 3 heterocycles. The number of hydrogen-bond acceptors (Lipinski definition) is 6. The second-order valence-electron chi connectivity index (χ2n) is 6.69. The van der Waals surface area contributed by atoms with Crippen molar-refractivity contribution >= 4 is 11.8 Å². The lowest BCUT2D eigenvalue weighted by atomic mass is 9.95. The Kier molecular flexibility index (Phi) is 4.27. The monoisotopic (exact) mass is 367 g/mol. The Balaban J connectivity index is 1.60. The van der Waals surface area contributed by atoms with Gasteiger partial charge in [0.1, 0.15) is 11.6 Å². The maximum atomic E-state index is 12.6. The summed E-state index contributed by atoms with van der Waals surface area (Å²) in [6.45, 7) is 1.42. The van der Waals surface area contributed by atoms with Crippen molar-refractivity contribution in [3.05, 3.63) is 63.1 Å². The van der Waals surface area contributed by atoms with Crippen LogP contribution in [0.1, 0.15) is 24.6 Å². The molecular formula is C18H21N7O2. The zero-order valence-electron chi connectivity index (χ0n) is 15.0. The van der Waals surface area contributed by atoms with E-state index in [0.29, 0.717) is 18.9 Å². The van der Waals surface area contributed by atoms with Crippen molar-refractivity contribution in [2.75, 3.05) is 23.7 Å². The molecule has 0 bridgehead atoms. The first-order chi connectivity index (χ1) is 13.0. The van der Waals surface area contributed by atoms with Crippen molar-refractivity contribution in [2.45, 2.75) is 18.8 Å². The van der Waals surface area contributed by atoms with Gasteiger partial charge in [0.25, 0.3) is 5.56 Å². The van der Waals surface area contributed by atoms with Crippen molar-refractivity contribution in [1.82, 2.24) is 24.3 Å². The van der Waals surface area contributed by atoms with Gasteiger partial charge in [-0.3, -0.25) is 9.78 Å². The standard InChI is InChI=1S/C18H21N7O2/c1-23-18(27)25(13-5-3-2-4-6-13)16(22-23)12-7-9-24(10-8-12)14-11-15(26)21-17(19)20-14/h2-6,11-12H,7-10H2,1H3,(H3,19,20,21,26). The number of hydrogen-bond donors (Lipinski definition) is 2. The molecule has 3 aromatic rings. The molecule has 1 aliphatic rings. The molecule has 9 heteroatoms. The number of nitrogens with zero attached hydrogens (tertiary/aromatic N) is 5. The second kappa shape index (κ2) is 6.75. The molecule has 0 saturated carbocycles. The Morgan fingerprint density at radius 2 is 1.85 bits per heavy atom. The number of anilines is 2. The summed E-state index contributed by atoms with van der Waals surface area (Å²) in [4.78, 5) is 32.9. The fourth-order valence-corrected chi connectivity index (χ4v) is 3.56. The molecule has 9 nitrogen and oxygen atoms in total. The average molecular weight is 367 g/mol. The average Bonchev–Trinajstić information content (AvgIpc) is 2.97. The van der Waals surface area contributed by atoms with Crippen LogP contribution in [0.5, 0.6) is 0 Å². The van der Waals surface area contributed by atoms with Gasteiger partial charge in [0.05, 0.1) is 5.69 Å².